The van der Waals surface area contributed by atoms with Crippen molar-refractivity contribution in [1.82, 2.24) is 9.55 Å². The van der Waals surface area contributed by atoms with Crippen LogP contribution in [0.3, 0.4) is 0 Å². The van der Waals surface area contributed by atoms with E-state index < -0.39 is 6.61 Å². The maximum atomic E-state index is 12.6. The molecule has 0 saturated heterocycles. The summed E-state index contributed by atoms with van der Waals surface area (Å²) in [5.74, 6) is 1.02. The first kappa shape index (κ1) is 13.9. The molecule has 0 amide bonds. The largest absolute Gasteiger partial charge is 0.434 e. The van der Waals surface area contributed by atoms with Crippen molar-refractivity contribution in [3.8, 4) is 5.75 Å². The second-order valence-corrected chi connectivity index (χ2v) is 4.96. The third-order valence-corrected chi connectivity index (χ3v) is 3.68. The van der Waals surface area contributed by atoms with Gasteiger partial charge in [-0.05, 0) is 18.9 Å². The van der Waals surface area contributed by atoms with Crippen LogP contribution >= 0.6 is 0 Å². The Hall–Kier alpha value is -2.11. The van der Waals surface area contributed by atoms with E-state index in [4.69, 9.17) is 0 Å². The van der Waals surface area contributed by atoms with Crippen molar-refractivity contribution < 1.29 is 13.5 Å². The molecule has 1 aliphatic heterocycles. The van der Waals surface area contributed by atoms with Gasteiger partial charge in [-0.1, -0.05) is 25.1 Å². The van der Waals surface area contributed by atoms with Crippen LogP contribution in [0.5, 0.6) is 5.75 Å². The van der Waals surface area contributed by atoms with E-state index >= 15 is 0 Å². The van der Waals surface area contributed by atoms with Crippen LogP contribution in [0.25, 0.3) is 0 Å². The van der Waals surface area contributed by atoms with Gasteiger partial charge in [-0.3, -0.25) is 0 Å². The average Bonchev–Trinajstić information content (AvgIpc) is 2.90. The van der Waals surface area contributed by atoms with E-state index in [1.807, 2.05) is 29.8 Å². The van der Waals surface area contributed by atoms with E-state index in [2.05, 4.69) is 15.0 Å². The number of alkyl halides is 2. The smallest absolute Gasteiger partial charge is 0.387 e. The fraction of sp³-hybridized carbons (Fsp3) is 0.400. The van der Waals surface area contributed by atoms with E-state index in [0.717, 1.165) is 36.6 Å². The molecule has 4 nitrogen and oxygen atoms in total. The van der Waals surface area contributed by atoms with Crippen molar-refractivity contribution in [2.45, 2.75) is 32.4 Å². The third-order valence-electron chi connectivity index (χ3n) is 3.68. The summed E-state index contributed by atoms with van der Waals surface area (Å²) in [6.07, 6.45) is 3.62. The molecule has 3 rings (SSSR count). The summed E-state index contributed by atoms with van der Waals surface area (Å²) in [7, 11) is 0. The van der Waals surface area contributed by atoms with Gasteiger partial charge >= 0.3 is 6.61 Å². The van der Waals surface area contributed by atoms with Crippen LogP contribution in [-0.4, -0.2) is 22.7 Å². The Morgan fingerprint density at radius 1 is 1.43 bits per heavy atom. The van der Waals surface area contributed by atoms with E-state index in [1.165, 1.54) is 0 Å². The molecular formula is C15H17F2N3O. The predicted molar refractivity (Wildman–Crippen MR) is 75.9 cm³/mol. The van der Waals surface area contributed by atoms with Gasteiger partial charge in [0.15, 0.2) is 0 Å². The lowest BCUT2D eigenvalue weighted by molar-refractivity contribution is -0.0507. The fourth-order valence-electron chi connectivity index (χ4n) is 2.71. The van der Waals surface area contributed by atoms with Crippen LogP contribution in [0.15, 0.2) is 30.5 Å². The Kier molecular flexibility index (Phi) is 3.77. The Labute approximate surface area is 121 Å². The van der Waals surface area contributed by atoms with Gasteiger partial charge in [0.05, 0.1) is 11.7 Å². The number of halogens is 2. The van der Waals surface area contributed by atoms with E-state index in [9.17, 15) is 8.78 Å². The Morgan fingerprint density at radius 3 is 3.00 bits per heavy atom. The number of ether oxygens (including phenoxy) is 1. The second kappa shape index (κ2) is 5.71. The molecule has 0 spiro atoms. The highest BCUT2D eigenvalue weighted by Crippen LogP contribution is 2.35. The third kappa shape index (κ3) is 2.70. The predicted octanol–water partition coefficient (Wildman–Crippen LogP) is 3.45. The van der Waals surface area contributed by atoms with Gasteiger partial charge in [0, 0.05) is 18.3 Å². The second-order valence-electron chi connectivity index (χ2n) is 4.96. The van der Waals surface area contributed by atoms with Crippen molar-refractivity contribution in [2.24, 2.45) is 0 Å². The summed E-state index contributed by atoms with van der Waals surface area (Å²) in [6, 6.07) is 6.93. The number of fused-ring (bicyclic) bond motifs is 1. The summed E-state index contributed by atoms with van der Waals surface area (Å²) in [4.78, 5) is 4.50. The van der Waals surface area contributed by atoms with Crippen LogP contribution in [0.1, 0.15) is 30.6 Å². The molecule has 1 unspecified atom stereocenters. The minimum Gasteiger partial charge on any atom is -0.434 e. The summed E-state index contributed by atoms with van der Waals surface area (Å²) in [5.41, 5.74) is 1.75. The monoisotopic (exact) mass is 293 g/mol. The molecular weight excluding hydrogens is 276 g/mol. The number of para-hydroxylation sites is 1. The molecule has 1 aromatic heterocycles. The molecule has 1 atom stereocenters. The number of rotatable bonds is 4. The molecule has 0 aliphatic carbocycles. The van der Waals surface area contributed by atoms with Gasteiger partial charge in [0.25, 0.3) is 0 Å². The van der Waals surface area contributed by atoms with Crippen molar-refractivity contribution in [3.63, 3.8) is 0 Å². The molecule has 2 aromatic rings. The molecule has 0 bridgehead atoms. The fourth-order valence-corrected chi connectivity index (χ4v) is 2.71. The van der Waals surface area contributed by atoms with Gasteiger partial charge in [0.2, 0.25) is 5.95 Å². The van der Waals surface area contributed by atoms with Crippen LogP contribution in [0.4, 0.5) is 14.7 Å². The standard InChI is InChI=1S/C15H17F2N3O/c1-2-10-9-20-12(7-8-18-15(20)19-10)11-5-3-4-6-13(11)21-14(16)17/h3-6,9,12,14H,2,7-8H2,1H3,(H,18,19). The van der Waals surface area contributed by atoms with Crippen LogP contribution in [0, 0.1) is 0 Å². The highest BCUT2D eigenvalue weighted by molar-refractivity contribution is 5.41. The van der Waals surface area contributed by atoms with Crippen molar-refractivity contribution in [2.75, 3.05) is 11.9 Å². The number of hydrogen-bond donors (Lipinski definition) is 1. The molecule has 2 heterocycles. The molecule has 6 heteroatoms. The van der Waals surface area contributed by atoms with Crippen molar-refractivity contribution in [1.29, 1.82) is 0 Å². The number of nitrogens with one attached hydrogen (secondary N) is 1. The van der Waals surface area contributed by atoms with Crippen LogP contribution < -0.4 is 10.1 Å². The first-order valence-corrected chi connectivity index (χ1v) is 7.04. The zero-order valence-corrected chi connectivity index (χ0v) is 11.7. The number of aromatic nitrogens is 2. The zero-order chi connectivity index (χ0) is 14.8. The Bertz CT molecular complexity index is 627. The number of aryl methyl sites for hydroxylation is 1. The molecule has 112 valence electrons. The van der Waals surface area contributed by atoms with Crippen LogP contribution in [-0.2, 0) is 6.42 Å². The summed E-state index contributed by atoms with van der Waals surface area (Å²) in [6.45, 7) is -0.0215. The lowest BCUT2D eigenvalue weighted by Gasteiger charge is -2.27. The zero-order valence-electron chi connectivity index (χ0n) is 11.7. The first-order valence-electron chi connectivity index (χ1n) is 7.04. The van der Waals surface area contributed by atoms with E-state index in [1.54, 1.807) is 12.1 Å². The minimum atomic E-state index is -2.82. The topological polar surface area (TPSA) is 39.1 Å². The van der Waals surface area contributed by atoms with Gasteiger partial charge in [-0.2, -0.15) is 8.78 Å². The normalized spacial score (nSPS) is 17.4. The number of benzene rings is 1. The van der Waals surface area contributed by atoms with Crippen LogP contribution in [0.2, 0.25) is 0 Å². The maximum absolute atomic E-state index is 12.6. The highest BCUT2D eigenvalue weighted by Gasteiger charge is 2.25. The summed E-state index contributed by atoms with van der Waals surface area (Å²) < 4.78 is 31.8. The first-order chi connectivity index (χ1) is 10.2. The molecule has 1 aromatic carbocycles. The average molecular weight is 293 g/mol. The quantitative estimate of drug-likeness (QED) is 0.938. The van der Waals surface area contributed by atoms with Crippen molar-refractivity contribution >= 4 is 5.95 Å². The Balaban J connectivity index is 2.00. The number of nitrogens with zero attached hydrogens (tertiary/aromatic N) is 2. The van der Waals surface area contributed by atoms with Gasteiger partial charge in [0.1, 0.15) is 5.75 Å². The van der Waals surface area contributed by atoms with E-state index in [-0.39, 0.29) is 11.8 Å². The number of hydrogen-bond acceptors (Lipinski definition) is 3. The lowest BCUT2D eigenvalue weighted by atomic mass is 10.0. The van der Waals surface area contributed by atoms with Gasteiger partial charge in [-0.15, -0.1) is 0 Å². The number of anilines is 1. The lowest BCUT2D eigenvalue weighted by Crippen LogP contribution is -2.24. The Morgan fingerprint density at radius 2 is 2.24 bits per heavy atom. The highest BCUT2D eigenvalue weighted by atomic mass is 19.3. The molecule has 0 saturated carbocycles. The summed E-state index contributed by atoms with van der Waals surface area (Å²) >= 11 is 0. The number of imidazole rings is 1. The minimum absolute atomic E-state index is 0.0380. The van der Waals surface area contributed by atoms with Crippen molar-refractivity contribution in [3.05, 3.63) is 41.7 Å². The molecule has 1 N–H and O–H groups in total. The summed E-state index contributed by atoms with van der Waals surface area (Å²) in [5, 5.41) is 3.24. The van der Waals surface area contributed by atoms with Gasteiger partial charge in [-0.25, -0.2) is 4.98 Å². The van der Waals surface area contributed by atoms with E-state index in [0.29, 0.717) is 0 Å². The maximum Gasteiger partial charge on any atom is 0.387 e. The molecule has 21 heavy (non-hydrogen) atoms. The molecule has 0 fully saturated rings. The SMILES string of the molecule is CCc1cn2c(n1)NCCC2c1ccccc1OC(F)F. The molecule has 1 aliphatic rings. The molecule has 0 radical (unpaired) electrons. The van der Waals surface area contributed by atoms with Gasteiger partial charge < -0.3 is 14.6 Å².